The normalized spacial score (nSPS) is 24.8. The number of fused-ring (bicyclic) bond motifs is 3. The summed E-state index contributed by atoms with van der Waals surface area (Å²) < 4.78 is 44.5. The zero-order valence-corrected chi connectivity index (χ0v) is 20.8. The number of carbonyl (C=O) groups is 2. The molecule has 0 aromatic heterocycles. The van der Waals surface area contributed by atoms with E-state index in [2.05, 4.69) is 4.90 Å². The summed E-state index contributed by atoms with van der Waals surface area (Å²) in [4.78, 5) is 31.3. The van der Waals surface area contributed by atoms with Crippen molar-refractivity contribution in [2.24, 2.45) is 11.7 Å². The third-order valence-electron chi connectivity index (χ3n) is 8.39. The molecule has 6 rings (SSSR count). The number of ether oxygens (including phenoxy) is 1. The van der Waals surface area contributed by atoms with Gasteiger partial charge in [-0.2, -0.15) is 13.2 Å². The molecule has 3 saturated heterocycles. The van der Waals surface area contributed by atoms with Crippen LogP contribution in [0.3, 0.4) is 0 Å². The van der Waals surface area contributed by atoms with Crippen LogP contribution >= 0.6 is 0 Å². The van der Waals surface area contributed by atoms with E-state index < -0.39 is 29.1 Å². The average Bonchev–Trinajstić information content (AvgIpc) is 3.71. The van der Waals surface area contributed by atoms with Crippen molar-refractivity contribution in [3.63, 3.8) is 0 Å². The molecule has 37 heavy (non-hydrogen) atoms. The molecule has 4 aliphatic rings. The summed E-state index contributed by atoms with van der Waals surface area (Å²) in [7, 11) is 1.58. The third-order valence-corrected chi connectivity index (χ3v) is 8.39. The van der Waals surface area contributed by atoms with Crippen LogP contribution in [0.4, 0.5) is 13.2 Å². The molecule has 1 unspecified atom stereocenters. The molecule has 6 nitrogen and oxygen atoms in total. The van der Waals surface area contributed by atoms with Crippen LogP contribution in [-0.2, 0) is 27.6 Å². The molecular formula is C28H32F3N3O3. The quantitative estimate of drug-likeness (QED) is 0.581. The maximum atomic E-state index is 14.4. The Kier molecular flexibility index (Phi) is 6.68. The van der Waals surface area contributed by atoms with Gasteiger partial charge in [0.2, 0.25) is 11.8 Å². The van der Waals surface area contributed by atoms with Crippen molar-refractivity contribution < 1.29 is 27.5 Å². The highest BCUT2D eigenvalue weighted by atomic mass is 19.4. The first-order valence-corrected chi connectivity index (χ1v) is 12.8. The van der Waals surface area contributed by atoms with Gasteiger partial charge in [0, 0.05) is 19.0 Å². The first-order valence-electron chi connectivity index (χ1n) is 12.8. The molecule has 9 heteroatoms. The zero-order chi connectivity index (χ0) is 26.4. The molecule has 2 atom stereocenters. The maximum Gasteiger partial charge on any atom is 0.416 e. The number of methoxy groups -OCH3 is 1. The number of nitrogens with two attached hydrogens (primary N) is 1. The van der Waals surface area contributed by atoms with E-state index in [0.29, 0.717) is 30.7 Å². The molecule has 2 bridgehead atoms. The second kappa shape index (κ2) is 9.67. The Morgan fingerprint density at radius 1 is 1.08 bits per heavy atom. The van der Waals surface area contributed by atoms with Crippen LogP contribution in [0.2, 0.25) is 0 Å². The number of alkyl halides is 3. The van der Waals surface area contributed by atoms with Crippen LogP contribution in [0.25, 0.3) is 0 Å². The predicted molar refractivity (Wildman–Crippen MR) is 132 cm³/mol. The molecule has 0 spiro atoms. The largest absolute Gasteiger partial charge is 0.497 e. The predicted octanol–water partition coefficient (Wildman–Crippen LogP) is 3.77. The highest BCUT2D eigenvalue weighted by molar-refractivity contribution is 5.95. The van der Waals surface area contributed by atoms with Crippen molar-refractivity contribution in [3.8, 4) is 5.75 Å². The summed E-state index contributed by atoms with van der Waals surface area (Å²) >= 11 is 0. The van der Waals surface area contributed by atoms with E-state index in [9.17, 15) is 22.8 Å². The van der Waals surface area contributed by atoms with Gasteiger partial charge in [-0.15, -0.1) is 0 Å². The van der Waals surface area contributed by atoms with Gasteiger partial charge in [-0.05, 0) is 80.1 Å². The number of benzene rings is 2. The van der Waals surface area contributed by atoms with Gasteiger partial charge in [-0.25, -0.2) is 0 Å². The standard InChI is InChI=1S/C28H32F3N3O3/c1-37-22-8-6-20(7-9-22)27(12-13-27)26(36)34(24-17-33-14-10-19(24)11-15-33)23(25(32)35)16-18-2-4-21(5-3-18)28(29,30)31/h2-9,19,23-24H,10-17H2,1H3,(H2,32,35)/t23-,24?/m0/s1. The number of halogens is 3. The highest BCUT2D eigenvalue weighted by Crippen LogP contribution is 2.51. The summed E-state index contributed by atoms with van der Waals surface area (Å²) in [5, 5.41) is 0. The maximum absolute atomic E-state index is 14.4. The molecule has 1 saturated carbocycles. The Balaban J connectivity index is 1.49. The molecule has 2 aromatic rings. The number of rotatable bonds is 8. The molecule has 2 aromatic carbocycles. The van der Waals surface area contributed by atoms with Crippen molar-refractivity contribution in [2.45, 2.75) is 55.8 Å². The first-order chi connectivity index (χ1) is 17.6. The Bertz CT molecular complexity index is 1140. The lowest BCUT2D eigenvalue weighted by Gasteiger charge is -2.51. The Hall–Kier alpha value is -3.07. The molecule has 3 aliphatic heterocycles. The van der Waals surface area contributed by atoms with Crippen LogP contribution in [0.1, 0.15) is 42.4 Å². The molecule has 2 N–H and O–H groups in total. The van der Waals surface area contributed by atoms with E-state index in [1.165, 1.54) is 12.1 Å². The van der Waals surface area contributed by atoms with Gasteiger partial charge in [0.05, 0.1) is 18.1 Å². The van der Waals surface area contributed by atoms with Crippen LogP contribution in [0.5, 0.6) is 5.75 Å². The average molecular weight is 516 g/mol. The Morgan fingerprint density at radius 2 is 1.70 bits per heavy atom. The van der Waals surface area contributed by atoms with Gasteiger partial charge in [0.25, 0.3) is 0 Å². The van der Waals surface area contributed by atoms with E-state index in [4.69, 9.17) is 10.5 Å². The summed E-state index contributed by atoms with van der Waals surface area (Å²) in [6.07, 6.45) is -1.16. The van der Waals surface area contributed by atoms with Crippen LogP contribution < -0.4 is 10.5 Å². The molecule has 4 fully saturated rings. The van der Waals surface area contributed by atoms with E-state index in [1.54, 1.807) is 12.0 Å². The summed E-state index contributed by atoms with van der Waals surface area (Å²) in [5.74, 6) is 0.191. The second-order valence-electron chi connectivity index (χ2n) is 10.5. The fourth-order valence-corrected chi connectivity index (χ4v) is 6.07. The summed E-state index contributed by atoms with van der Waals surface area (Å²) in [5.41, 5.74) is 5.85. The van der Waals surface area contributed by atoms with Gasteiger partial charge in [0.15, 0.2) is 0 Å². The van der Waals surface area contributed by atoms with Crippen LogP contribution in [-0.4, -0.2) is 60.4 Å². The Morgan fingerprint density at radius 3 is 2.16 bits per heavy atom. The number of carbonyl (C=O) groups excluding carboxylic acids is 2. The lowest BCUT2D eigenvalue weighted by atomic mass is 9.80. The van der Waals surface area contributed by atoms with Crippen molar-refractivity contribution in [1.29, 1.82) is 0 Å². The van der Waals surface area contributed by atoms with Crippen LogP contribution in [0, 0.1) is 5.92 Å². The lowest BCUT2D eigenvalue weighted by molar-refractivity contribution is -0.149. The fourth-order valence-electron chi connectivity index (χ4n) is 6.07. The van der Waals surface area contributed by atoms with E-state index in [1.807, 2.05) is 24.3 Å². The van der Waals surface area contributed by atoms with Gasteiger partial charge in [-0.1, -0.05) is 24.3 Å². The second-order valence-corrected chi connectivity index (χ2v) is 10.5. The van der Waals surface area contributed by atoms with E-state index >= 15 is 0 Å². The van der Waals surface area contributed by atoms with Gasteiger partial charge in [-0.3, -0.25) is 9.59 Å². The molecule has 198 valence electrons. The SMILES string of the molecule is COc1ccc(C2(C(=O)N(C3CN4CCC3CC4)[C@@H](Cc3ccc(C(F)(F)F)cc3)C(N)=O)CC2)cc1. The van der Waals surface area contributed by atoms with Crippen molar-refractivity contribution in [3.05, 3.63) is 65.2 Å². The lowest BCUT2D eigenvalue weighted by Crippen LogP contribution is -2.65. The first kappa shape index (κ1) is 25.6. The number of hydrogen-bond donors (Lipinski definition) is 1. The fraction of sp³-hybridized carbons (Fsp3) is 0.500. The Labute approximate surface area is 214 Å². The summed E-state index contributed by atoms with van der Waals surface area (Å²) in [6.45, 7) is 2.60. The number of hydrogen-bond acceptors (Lipinski definition) is 4. The van der Waals surface area contributed by atoms with Crippen molar-refractivity contribution >= 4 is 11.8 Å². The molecule has 0 radical (unpaired) electrons. The monoisotopic (exact) mass is 515 g/mol. The summed E-state index contributed by atoms with van der Waals surface area (Å²) in [6, 6.07) is 11.1. The van der Waals surface area contributed by atoms with E-state index in [0.717, 1.165) is 43.6 Å². The molecule has 2 amide bonds. The highest BCUT2D eigenvalue weighted by Gasteiger charge is 2.56. The van der Waals surface area contributed by atoms with Gasteiger partial charge >= 0.3 is 6.18 Å². The minimum absolute atomic E-state index is 0.0706. The molecule has 1 aliphatic carbocycles. The number of amides is 2. The number of primary amides is 1. The van der Waals surface area contributed by atoms with Crippen molar-refractivity contribution in [1.82, 2.24) is 9.80 Å². The van der Waals surface area contributed by atoms with Crippen molar-refractivity contribution in [2.75, 3.05) is 26.7 Å². The minimum atomic E-state index is -4.45. The number of nitrogens with zero attached hydrogens (tertiary/aromatic N) is 2. The smallest absolute Gasteiger partial charge is 0.416 e. The van der Waals surface area contributed by atoms with E-state index in [-0.39, 0.29) is 24.3 Å². The van der Waals surface area contributed by atoms with Crippen LogP contribution in [0.15, 0.2) is 48.5 Å². The van der Waals surface area contributed by atoms with Gasteiger partial charge in [0.1, 0.15) is 11.8 Å². The zero-order valence-electron chi connectivity index (χ0n) is 20.8. The molecule has 3 heterocycles. The molecular weight excluding hydrogens is 483 g/mol. The van der Waals surface area contributed by atoms with Gasteiger partial charge < -0.3 is 20.3 Å². The third kappa shape index (κ3) is 4.93. The minimum Gasteiger partial charge on any atom is -0.497 e. The topological polar surface area (TPSA) is 75.9 Å². The number of piperidine rings is 3.